The summed E-state index contributed by atoms with van der Waals surface area (Å²) in [6, 6.07) is 9.81. The van der Waals surface area contributed by atoms with Crippen molar-refractivity contribution in [3.8, 4) is 0 Å². The van der Waals surface area contributed by atoms with Crippen molar-refractivity contribution in [3.63, 3.8) is 0 Å². The Morgan fingerprint density at radius 1 is 1.17 bits per heavy atom. The molecule has 3 saturated heterocycles. The number of nitrogens with zero attached hydrogens (tertiary/aromatic N) is 2. The third kappa shape index (κ3) is 2.07. The fourth-order valence-electron chi connectivity index (χ4n) is 4.43. The van der Waals surface area contributed by atoms with Gasteiger partial charge in [0.1, 0.15) is 5.54 Å². The van der Waals surface area contributed by atoms with E-state index >= 15 is 0 Å². The van der Waals surface area contributed by atoms with Gasteiger partial charge in [0.2, 0.25) is 15.9 Å². The first kappa shape index (κ1) is 15.1. The number of nitrogens with one attached hydrogen (secondary N) is 1. The molecular weight excluding hydrogens is 314 g/mol. The Bertz CT molecular complexity index is 745. The maximum absolute atomic E-state index is 12.9. The normalized spacial score (nSPS) is 29.8. The van der Waals surface area contributed by atoms with E-state index in [0.29, 0.717) is 32.6 Å². The fraction of sp³-hybridized carbons (Fsp3) is 0.562. The Kier molecular flexibility index (Phi) is 3.14. The van der Waals surface area contributed by atoms with E-state index in [4.69, 9.17) is 0 Å². The van der Waals surface area contributed by atoms with Gasteiger partial charge < -0.3 is 10.2 Å². The van der Waals surface area contributed by atoms with Gasteiger partial charge in [0.25, 0.3) is 0 Å². The molecule has 6 nitrogen and oxygen atoms in total. The van der Waals surface area contributed by atoms with Crippen molar-refractivity contribution in [3.05, 3.63) is 35.9 Å². The van der Waals surface area contributed by atoms with Gasteiger partial charge in [0.15, 0.2) is 0 Å². The Morgan fingerprint density at radius 2 is 1.87 bits per heavy atom. The Morgan fingerprint density at radius 3 is 2.39 bits per heavy atom. The lowest BCUT2D eigenvalue weighted by Crippen LogP contribution is -2.78. The molecule has 3 heterocycles. The topological polar surface area (TPSA) is 69.7 Å². The van der Waals surface area contributed by atoms with Crippen LogP contribution in [0.1, 0.15) is 18.4 Å². The number of carbonyl (C=O) groups is 1. The lowest BCUT2D eigenvalue weighted by atomic mass is 9.86. The van der Waals surface area contributed by atoms with Crippen molar-refractivity contribution in [1.82, 2.24) is 14.5 Å². The largest absolute Gasteiger partial charge is 0.334 e. The number of rotatable bonds is 3. The second-order valence-corrected chi connectivity index (χ2v) is 8.86. The molecule has 23 heavy (non-hydrogen) atoms. The first-order valence-electron chi connectivity index (χ1n) is 7.92. The van der Waals surface area contributed by atoms with Crippen LogP contribution < -0.4 is 5.32 Å². The van der Waals surface area contributed by atoms with E-state index in [1.165, 1.54) is 10.6 Å². The zero-order valence-electron chi connectivity index (χ0n) is 13.2. The molecule has 3 aliphatic heterocycles. The number of benzene rings is 1. The summed E-state index contributed by atoms with van der Waals surface area (Å²) in [5.41, 5.74) is -0.161. The molecule has 0 bridgehead atoms. The summed E-state index contributed by atoms with van der Waals surface area (Å²) in [7, 11) is -3.42. The summed E-state index contributed by atoms with van der Waals surface area (Å²) in [6.07, 6.45) is 2.62. The van der Waals surface area contributed by atoms with Gasteiger partial charge in [0.05, 0.1) is 11.8 Å². The van der Waals surface area contributed by atoms with Crippen molar-refractivity contribution in [1.29, 1.82) is 0 Å². The maximum Gasteiger partial charge on any atom is 0.246 e. The van der Waals surface area contributed by atoms with Gasteiger partial charge in [-0.1, -0.05) is 30.3 Å². The van der Waals surface area contributed by atoms with E-state index in [1.807, 2.05) is 30.3 Å². The lowest BCUT2D eigenvalue weighted by molar-refractivity contribution is -0.160. The van der Waals surface area contributed by atoms with Crippen LogP contribution in [-0.4, -0.2) is 60.5 Å². The molecule has 1 aromatic carbocycles. The number of hydrogen-bond acceptors (Lipinski definition) is 4. The van der Waals surface area contributed by atoms with Crippen LogP contribution in [0.25, 0.3) is 0 Å². The van der Waals surface area contributed by atoms with Crippen LogP contribution in [0.4, 0.5) is 0 Å². The van der Waals surface area contributed by atoms with Crippen molar-refractivity contribution in [2.45, 2.75) is 30.5 Å². The highest BCUT2D eigenvalue weighted by Gasteiger charge is 2.69. The van der Waals surface area contributed by atoms with Crippen LogP contribution in [0.5, 0.6) is 0 Å². The first-order valence-corrected chi connectivity index (χ1v) is 9.77. The van der Waals surface area contributed by atoms with Crippen molar-refractivity contribution < 1.29 is 13.2 Å². The average Bonchev–Trinajstić information content (AvgIpc) is 2.86. The lowest BCUT2D eigenvalue weighted by Gasteiger charge is -2.55. The summed E-state index contributed by atoms with van der Waals surface area (Å²) >= 11 is 0. The van der Waals surface area contributed by atoms with Gasteiger partial charge in [-0.25, -0.2) is 8.42 Å². The number of amides is 1. The minimum Gasteiger partial charge on any atom is -0.334 e. The second-order valence-electron chi connectivity index (χ2n) is 7.03. The molecule has 3 aliphatic rings. The summed E-state index contributed by atoms with van der Waals surface area (Å²) in [5.74, 6) is -0.0458. The fourth-order valence-corrected chi connectivity index (χ4v) is 6.21. The van der Waals surface area contributed by atoms with E-state index in [-0.39, 0.29) is 11.4 Å². The third-order valence-electron chi connectivity index (χ3n) is 5.42. The molecule has 0 radical (unpaired) electrons. The molecule has 124 valence electrons. The number of β-lactam (4-membered cyclic amide) rings is 1. The van der Waals surface area contributed by atoms with Crippen molar-refractivity contribution >= 4 is 15.9 Å². The molecule has 0 aromatic heterocycles. The van der Waals surface area contributed by atoms with Gasteiger partial charge in [-0.2, -0.15) is 4.31 Å². The van der Waals surface area contributed by atoms with E-state index in [0.717, 1.165) is 12.0 Å². The van der Waals surface area contributed by atoms with Crippen LogP contribution in [0.3, 0.4) is 0 Å². The molecule has 1 atom stereocenters. The van der Waals surface area contributed by atoms with Gasteiger partial charge in [0, 0.05) is 26.2 Å². The zero-order valence-corrected chi connectivity index (χ0v) is 14.0. The molecule has 1 unspecified atom stereocenters. The zero-order chi connectivity index (χ0) is 16.3. The van der Waals surface area contributed by atoms with Crippen molar-refractivity contribution in [2.24, 2.45) is 0 Å². The highest BCUT2D eigenvalue weighted by atomic mass is 32.2. The van der Waals surface area contributed by atoms with Crippen LogP contribution in [0, 0.1) is 0 Å². The quantitative estimate of drug-likeness (QED) is 0.799. The van der Waals surface area contributed by atoms with Gasteiger partial charge in [-0.3, -0.25) is 4.79 Å². The predicted octanol–water partition coefficient (Wildman–Crippen LogP) is 0.165. The van der Waals surface area contributed by atoms with E-state index in [1.54, 1.807) is 4.90 Å². The van der Waals surface area contributed by atoms with E-state index in [2.05, 4.69) is 5.32 Å². The van der Waals surface area contributed by atoms with Gasteiger partial charge in [-0.05, 0) is 18.4 Å². The van der Waals surface area contributed by atoms with Crippen LogP contribution in [0.2, 0.25) is 0 Å². The SMILES string of the molecule is CS(=O)(=O)N1C2(CCC13CN(Cc1ccccc1)C3=O)CNC2. The van der Waals surface area contributed by atoms with Gasteiger partial charge in [-0.15, -0.1) is 0 Å². The molecule has 7 heteroatoms. The number of sulfonamides is 1. The van der Waals surface area contributed by atoms with Crippen molar-refractivity contribution in [2.75, 3.05) is 25.9 Å². The van der Waals surface area contributed by atoms with E-state index < -0.39 is 15.6 Å². The molecule has 4 rings (SSSR count). The summed E-state index contributed by atoms with van der Waals surface area (Å²) in [5, 5.41) is 3.17. The van der Waals surface area contributed by atoms with E-state index in [9.17, 15) is 13.2 Å². The Labute approximate surface area is 136 Å². The van der Waals surface area contributed by atoms with Crippen LogP contribution in [0.15, 0.2) is 30.3 Å². The summed E-state index contributed by atoms with van der Waals surface area (Å²) in [4.78, 5) is 14.6. The predicted molar refractivity (Wildman–Crippen MR) is 86.1 cm³/mol. The highest BCUT2D eigenvalue weighted by molar-refractivity contribution is 7.88. The monoisotopic (exact) mass is 335 g/mol. The first-order chi connectivity index (χ1) is 10.9. The van der Waals surface area contributed by atoms with Crippen LogP contribution in [-0.2, 0) is 21.4 Å². The standard InChI is InChI=1S/C16H21N3O3S/c1-23(21,22)19-15(10-17-11-15)7-8-16(19)12-18(14(16)20)9-13-5-3-2-4-6-13/h2-6,17H,7-12H2,1H3. The molecule has 0 saturated carbocycles. The molecule has 1 amide bonds. The maximum atomic E-state index is 12.9. The number of hydrogen-bond donors (Lipinski definition) is 1. The average molecular weight is 335 g/mol. The molecule has 2 spiro atoms. The molecule has 1 aromatic rings. The second kappa shape index (κ2) is 4.78. The summed E-state index contributed by atoms with van der Waals surface area (Å²) in [6.45, 7) is 2.33. The summed E-state index contributed by atoms with van der Waals surface area (Å²) < 4.78 is 26.3. The number of carbonyl (C=O) groups excluding carboxylic acids is 1. The smallest absolute Gasteiger partial charge is 0.246 e. The van der Waals surface area contributed by atoms with Gasteiger partial charge >= 0.3 is 0 Å². The molecule has 0 aliphatic carbocycles. The third-order valence-corrected chi connectivity index (χ3v) is 6.82. The minimum atomic E-state index is -3.42. The molecule has 1 N–H and O–H groups in total. The Balaban J connectivity index is 1.59. The number of likely N-dealkylation sites (tertiary alicyclic amines) is 1. The molecular formula is C16H21N3O3S. The highest BCUT2D eigenvalue weighted by Crippen LogP contribution is 2.50. The van der Waals surface area contributed by atoms with Crippen LogP contribution >= 0.6 is 0 Å². The Hall–Kier alpha value is -1.44. The molecule has 3 fully saturated rings. The minimum absolute atomic E-state index is 0.0458.